The van der Waals surface area contributed by atoms with E-state index in [4.69, 9.17) is 4.74 Å². The van der Waals surface area contributed by atoms with E-state index in [0.29, 0.717) is 0 Å². The fourth-order valence-corrected chi connectivity index (χ4v) is 1.81. The van der Waals surface area contributed by atoms with Gasteiger partial charge in [0.15, 0.2) is 0 Å². The fraction of sp³-hybridized carbons (Fsp3) is 0.250. The van der Waals surface area contributed by atoms with Crippen LogP contribution in [0, 0.1) is 6.92 Å². The van der Waals surface area contributed by atoms with Crippen molar-refractivity contribution in [3.05, 3.63) is 65.2 Å². The van der Waals surface area contributed by atoms with Crippen LogP contribution < -0.4 is 4.74 Å². The van der Waals surface area contributed by atoms with E-state index in [1.54, 1.807) is 0 Å². The van der Waals surface area contributed by atoms with Crippen molar-refractivity contribution in [3.63, 3.8) is 0 Å². The minimum Gasteiger partial charge on any atom is -0.494 e. The van der Waals surface area contributed by atoms with E-state index < -0.39 is 0 Å². The van der Waals surface area contributed by atoms with Crippen molar-refractivity contribution < 1.29 is 4.74 Å². The highest BCUT2D eigenvalue weighted by molar-refractivity contribution is 5.32. The molecule has 0 aliphatic carbocycles. The lowest BCUT2D eigenvalue weighted by atomic mass is 10.0. The Kier molecular flexibility index (Phi) is 3.81. The molecule has 2 aromatic carbocycles. The Bertz CT molecular complexity index is 454. The molecule has 0 heterocycles. The van der Waals surface area contributed by atoms with Gasteiger partial charge in [-0.1, -0.05) is 42.0 Å². The molecule has 1 heteroatoms. The Hall–Kier alpha value is -1.76. The van der Waals surface area contributed by atoms with Gasteiger partial charge in [0.2, 0.25) is 0 Å². The van der Waals surface area contributed by atoms with Gasteiger partial charge in [0.25, 0.3) is 0 Å². The Balaban J connectivity index is 2.05. The SMILES string of the molecule is CCOc1ccc(Cc2ccc(C)cc2)cc1. The third kappa shape index (κ3) is 3.35. The lowest BCUT2D eigenvalue weighted by Crippen LogP contribution is -1.92. The van der Waals surface area contributed by atoms with Crippen molar-refractivity contribution in [2.24, 2.45) is 0 Å². The fourth-order valence-electron chi connectivity index (χ4n) is 1.81. The standard InChI is InChI=1S/C16H18O/c1-3-17-16-10-8-15(9-11-16)12-14-6-4-13(2)5-7-14/h4-11H,3,12H2,1-2H3. The normalized spacial score (nSPS) is 10.2. The summed E-state index contributed by atoms with van der Waals surface area (Å²) in [4.78, 5) is 0. The molecule has 0 spiro atoms. The van der Waals surface area contributed by atoms with Crippen LogP contribution >= 0.6 is 0 Å². The van der Waals surface area contributed by atoms with Gasteiger partial charge in [-0.25, -0.2) is 0 Å². The molecule has 1 nitrogen and oxygen atoms in total. The van der Waals surface area contributed by atoms with Gasteiger partial charge in [-0.2, -0.15) is 0 Å². The zero-order chi connectivity index (χ0) is 12.1. The van der Waals surface area contributed by atoms with Gasteiger partial charge in [0.05, 0.1) is 6.61 Å². The van der Waals surface area contributed by atoms with Crippen LogP contribution in [-0.2, 0) is 6.42 Å². The summed E-state index contributed by atoms with van der Waals surface area (Å²) in [5.41, 5.74) is 3.97. The lowest BCUT2D eigenvalue weighted by Gasteiger charge is -2.05. The van der Waals surface area contributed by atoms with E-state index >= 15 is 0 Å². The second-order valence-electron chi connectivity index (χ2n) is 4.24. The van der Waals surface area contributed by atoms with Crippen LogP contribution in [0.4, 0.5) is 0 Å². The van der Waals surface area contributed by atoms with Crippen molar-refractivity contribution in [1.82, 2.24) is 0 Å². The molecular formula is C16H18O. The van der Waals surface area contributed by atoms with Crippen molar-refractivity contribution in [2.45, 2.75) is 20.3 Å². The Labute approximate surface area is 103 Å². The molecule has 0 saturated carbocycles. The summed E-state index contributed by atoms with van der Waals surface area (Å²) in [6.07, 6.45) is 0.979. The van der Waals surface area contributed by atoms with E-state index in [1.807, 2.05) is 19.1 Å². The minimum absolute atomic E-state index is 0.720. The molecule has 0 amide bonds. The van der Waals surface area contributed by atoms with Crippen molar-refractivity contribution in [2.75, 3.05) is 6.61 Å². The highest BCUT2D eigenvalue weighted by Gasteiger charge is 1.97. The van der Waals surface area contributed by atoms with Crippen LogP contribution in [0.15, 0.2) is 48.5 Å². The molecule has 88 valence electrons. The molecule has 0 saturated heterocycles. The zero-order valence-electron chi connectivity index (χ0n) is 10.4. The van der Waals surface area contributed by atoms with E-state index in [0.717, 1.165) is 18.8 Å². The molecule has 0 unspecified atom stereocenters. The summed E-state index contributed by atoms with van der Waals surface area (Å²) in [7, 11) is 0. The maximum absolute atomic E-state index is 5.43. The smallest absolute Gasteiger partial charge is 0.119 e. The van der Waals surface area contributed by atoms with E-state index in [2.05, 4.69) is 43.3 Å². The van der Waals surface area contributed by atoms with E-state index in [9.17, 15) is 0 Å². The van der Waals surface area contributed by atoms with Gasteiger partial charge in [0, 0.05) is 0 Å². The molecule has 0 fully saturated rings. The monoisotopic (exact) mass is 226 g/mol. The summed E-state index contributed by atoms with van der Waals surface area (Å²) in [5.74, 6) is 0.945. The first kappa shape index (κ1) is 11.7. The van der Waals surface area contributed by atoms with E-state index in [1.165, 1.54) is 16.7 Å². The van der Waals surface area contributed by atoms with Crippen LogP contribution in [0.2, 0.25) is 0 Å². The molecule has 0 bridgehead atoms. The summed E-state index contributed by atoms with van der Waals surface area (Å²) in [5, 5.41) is 0. The first-order valence-electron chi connectivity index (χ1n) is 6.05. The summed E-state index contributed by atoms with van der Waals surface area (Å²) < 4.78 is 5.43. The Morgan fingerprint density at radius 1 is 0.824 bits per heavy atom. The van der Waals surface area contributed by atoms with Crippen LogP contribution in [0.3, 0.4) is 0 Å². The third-order valence-corrected chi connectivity index (χ3v) is 2.76. The maximum atomic E-state index is 5.43. The molecule has 17 heavy (non-hydrogen) atoms. The lowest BCUT2D eigenvalue weighted by molar-refractivity contribution is 0.340. The number of ether oxygens (including phenoxy) is 1. The van der Waals surface area contributed by atoms with Crippen molar-refractivity contribution >= 4 is 0 Å². The minimum atomic E-state index is 0.720. The molecule has 0 aromatic heterocycles. The molecule has 0 aliphatic rings. The number of rotatable bonds is 4. The second kappa shape index (κ2) is 5.53. The molecule has 0 atom stereocenters. The van der Waals surface area contributed by atoms with Crippen LogP contribution in [0.25, 0.3) is 0 Å². The highest BCUT2D eigenvalue weighted by Crippen LogP contribution is 2.15. The van der Waals surface area contributed by atoms with Crippen molar-refractivity contribution in [1.29, 1.82) is 0 Å². The zero-order valence-corrected chi connectivity index (χ0v) is 10.4. The highest BCUT2D eigenvalue weighted by atomic mass is 16.5. The quantitative estimate of drug-likeness (QED) is 0.766. The Morgan fingerprint density at radius 3 is 1.88 bits per heavy atom. The molecular weight excluding hydrogens is 208 g/mol. The average Bonchev–Trinajstić information content (AvgIpc) is 2.35. The number of hydrogen-bond acceptors (Lipinski definition) is 1. The van der Waals surface area contributed by atoms with Gasteiger partial charge in [-0.05, 0) is 43.5 Å². The van der Waals surface area contributed by atoms with Gasteiger partial charge in [0.1, 0.15) is 5.75 Å². The summed E-state index contributed by atoms with van der Waals surface area (Å²) >= 11 is 0. The predicted molar refractivity (Wildman–Crippen MR) is 71.6 cm³/mol. The number of aryl methyl sites for hydroxylation is 1. The van der Waals surface area contributed by atoms with Gasteiger partial charge >= 0.3 is 0 Å². The first-order chi connectivity index (χ1) is 8.28. The van der Waals surface area contributed by atoms with Crippen LogP contribution in [0.5, 0.6) is 5.75 Å². The molecule has 2 aromatic rings. The maximum Gasteiger partial charge on any atom is 0.119 e. The van der Waals surface area contributed by atoms with Crippen molar-refractivity contribution in [3.8, 4) is 5.75 Å². The second-order valence-corrected chi connectivity index (χ2v) is 4.24. The van der Waals surface area contributed by atoms with E-state index in [-0.39, 0.29) is 0 Å². The number of hydrogen-bond donors (Lipinski definition) is 0. The largest absolute Gasteiger partial charge is 0.494 e. The summed E-state index contributed by atoms with van der Waals surface area (Å²) in [6.45, 7) is 4.83. The van der Waals surface area contributed by atoms with Gasteiger partial charge < -0.3 is 4.74 Å². The predicted octanol–water partition coefficient (Wildman–Crippen LogP) is 3.98. The topological polar surface area (TPSA) is 9.23 Å². The molecule has 0 aliphatic heterocycles. The number of benzene rings is 2. The molecule has 2 rings (SSSR count). The van der Waals surface area contributed by atoms with Crippen LogP contribution in [0.1, 0.15) is 23.6 Å². The average molecular weight is 226 g/mol. The van der Waals surface area contributed by atoms with Gasteiger partial charge in [-0.3, -0.25) is 0 Å². The summed E-state index contributed by atoms with van der Waals surface area (Å²) in [6, 6.07) is 17.0. The first-order valence-corrected chi connectivity index (χ1v) is 6.05. The van der Waals surface area contributed by atoms with Crippen LogP contribution in [-0.4, -0.2) is 6.61 Å². The van der Waals surface area contributed by atoms with Gasteiger partial charge in [-0.15, -0.1) is 0 Å². The Morgan fingerprint density at radius 2 is 1.35 bits per heavy atom. The molecule has 0 radical (unpaired) electrons. The third-order valence-electron chi connectivity index (χ3n) is 2.76. The molecule has 0 N–H and O–H groups in total.